The molecule has 1 heterocycles. The summed E-state index contributed by atoms with van der Waals surface area (Å²) in [6.45, 7) is 11.2. The van der Waals surface area contributed by atoms with E-state index in [4.69, 9.17) is 0 Å². The van der Waals surface area contributed by atoms with E-state index >= 15 is 0 Å². The molecule has 1 saturated heterocycles. The Bertz CT molecular complexity index is 332. The van der Waals surface area contributed by atoms with Gasteiger partial charge in [-0.1, -0.05) is 13.8 Å². The largest absolute Gasteiger partial charge is 0.355 e. The molecule has 22 heavy (non-hydrogen) atoms. The van der Waals surface area contributed by atoms with Gasteiger partial charge in [0.1, 0.15) is 0 Å². The van der Waals surface area contributed by atoms with E-state index < -0.39 is 0 Å². The predicted octanol–water partition coefficient (Wildman–Crippen LogP) is 1.74. The number of nitrogens with one attached hydrogen (secondary N) is 2. The van der Waals surface area contributed by atoms with Crippen LogP contribution < -0.4 is 10.6 Å². The Morgan fingerprint density at radius 1 is 1.23 bits per heavy atom. The van der Waals surface area contributed by atoms with Crippen LogP contribution in [0.5, 0.6) is 0 Å². The number of hydrogen-bond acceptors (Lipinski definition) is 3. The Morgan fingerprint density at radius 2 is 2.00 bits per heavy atom. The van der Waals surface area contributed by atoms with Crippen molar-refractivity contribution >= 4 is 29.9 Å². The number of likely N-dealkylation sites (N-methyl/N-ethyl adjacent to an activating group) is 2. The molecule has 1 saturated carbocycles. The second-order valence-electron chi connectivity index (χ2n) is 6.16. The lowest BCUT2D eigenvalue weighted by Crippen LogP contribution is -2.46. The van der Waals surface area contributed by atoms with Gasteiger partial charge in [0.25, 0.3) is 0 Å². The highest BCUT2D eigenvalue weighted by molar-refractivity contribution is 14.0. The molecule has 1 unspecified atom stereocenters. The van der Waals surface area contributed by atoms with E-state index in [1.165, 1.54) is 32.2 Å². The van der Waals surface area contributed by atoms with Crippen molar-refractivity contribution in [3.63, 3.8) is 0 Å². The van der Waals surface area contributed by atoms with Crippen molar-refractivity contribution in [1.29, 1.82) is 0 Å². The van der Waals surface area contributed by atoms with Gasteiger partial charge in [0, 0.05) is 38.8 Å². The average Bonchev–Trinajstić information content (AvgIpc) is 3.25. The van der Waals surface area contributed by atoms with E-state index in [1.807, 2.05) is 7.05 Å². The van der Waals surface area contributed by atoms with Crippen molar-refractivity contribution in [3.8, 4) is 0 Å². The van der Waals surface area contributed by atoms with Gasteiger partial charge in [-0.25, -0.2) is 0 Å². The summed E-state index contributed by atoms with van der Waals surface area (Å²) in [6.07, 6.45) is 5.41. The number of aliphatic imine (C=N–C) groups is 1. The maximum absolute atomic E-state index is 4.34. The monoisotopic (exact) mass is 423 g/mol. The molecule has 0 aromatic carbocycles. The fourth-order valence-electron chi connectivity index (χ4n) is 3.33. The number of likely N-dealkylation sites (tertiary alicyclic amines) is 1. The molecule has 5 nitrogen and oxygen atoms in total. The van der Waals surface area contributed by atoms with E-state index in [9.17, 15) is 0 Å². The van der Waals surface area contributed by atoms with E-state index in [0.29, 0.717) is 6.04 Å². The quantitative estimate of drug-likeness (QED) is 0.355. The summed E-state index contributed by atoms with van der Waals surface area (Å²) >= 11 is 0. The summed E-state index contributed by atoms with van der Waals surface area (Å²) in [5.74, 6) is 0.949. The minimum Gasteiger partial charge on any atom is -0.355 e. The summed E-state index contributed by atoms with van der Waals surface area (Å²) in [7, 11) is 1.86. The number of nitrogens with zero attached hydrogens (tertiary/aromatic N) is 3. The smallest absolute Gasteiger partial charge is 0.191 e. The van der Waals surface area contributed by atoms with Crippen molar-refractivity contribution in [3.05, 3.63) is 0 Å². The van der Waals surface area contributed by atoms with Crippen LogP contribution >= 0.6 is 24.0 Å². The highest BCUT2D eigenvalue weighted by Crippen LogP contribution is 2.25. The van der Waals surface area contributed by atoms with Crippen LogP contribution in [0.2, 0.25) is 0 Å². The first kappa shape index (κ1) is 20.0. The molecular formula is C16H34IN5. The van der Waals surface area contributed by atoms with E-state index in [2.05, 4.69) is 39.3 Å². The molecule has 2 aliphatic rings. The number of hydrogen-bond donors (Lipinski definition) is 2. The maximum atomic E-state index is 4.34. The fraction of sp³-hybridized carbons (Fsp3) is 0.938. The molecule has 2 rings (SSSR count). The third-order valence-electron chi connectivity index (χ3n) is 4.79. The predicted molar refractivity (Wildman–Crippen MR) is 105 cm³/mol. The van der Waals surface area contributed by atoms with Crippen LogP contribution in [0.15, 0.2) is 4.99 Å². The fourth-order valence-corrected chi connectivity index (χ4v) is 3.33. The lowest BCUT2D eigenvalue weighted by molar-refractivity contribution is 0.266. The molecule has 0 aromatic heterocycles. The molecule has 0 aromatic rings. The first-order chi connectivity index (χ1) is 10.3. The molecule has 0 spiro atoms. The summed E-state index contributed by atoms with van der Waals surface area (Å²) in [5.41, 5.74) is 0. The minimum atomic E-state index is 0. The highest BCUT2D eigenvalue weighted by atomic mass is 127. The second kappa shape index (κ2) is 10.6. The van der Waals surface area contributed by atoms with Crippen molar-refractivity contribution < 1.29 is 0 Å². The molecule has 1 aliphatic carbocycles. The van der Waals surface area contributed by atoms with Crippen LogP contribution in [0.1, 0.15) is 39.5 Å². The second-order valence-corrected chi connectivity index (χ2v) is 6.16. The zero-order valence-electron chi connectivity index (χ0n) is 14.5. The van der Waals surface area contributed by atoms with Gasteiger partial charge in [0.2, 0.25) is 0 Å². The Balaban J connectivity index is 0.00000242. The van der Waals surface area contributed by atoms with Crippen LogP contribution in [-0.4, -0.2) is 74.2 Å². The van der Waals surface area contributed by atoms with Crippen LogP contribution in [0.3, 0.4) is 0 Å². The topological polar surface area (TPSA) is 42.9 Å². The van der Waals surface area contributed by atoms with E-state index in [-0.39, 0.29) is 24.0 Å². The van der Waals surface area contributed by atoms with Gasteiger partial charge in [0.05, 0.1) is 0 Å². The average molecular weight is 423 g/mol. The van der Waals surface area contributed by atoms with Crippen molar-refractivity contribution in [2.75, 3.05) is 46.3 Å². The summed E-state index contributed by atoms with van der Waals surface area (Å²) in [5, 5.41) is 6.94. The zero-order chi connectivity index (χ0) is 15.1. The van der Waals surface area contributed by atoms with Gasteiger partial charge in [-0.3, -0.25) is 14.8 Å². The first-order valence-corrected chi connectivity index (χ1v) is 8.71. The van der Waals surface area contributed by atoms with Crippen LogP contribution in [0.4, 0.5) is 0 Å². The SMILES string of the molecule is CCN(CCNC(=NC)NCC1CCCN1CC)C1CC1.I. The first-order valence-electron chi connectivity index (χ1n) is 8.71. The van der Waals surface area contributed by atoms with Gasteiger partial charge in [-0.05, 0) is 45.3 Å². The van der Waals surface area contributed by atoms with Gasteiger partial charge in [-0.15, -0.1) is 24.0 Å². The Hall–Kier alpha value is -0.0800. The molecular weight excluding hydrogens is 389 g/mol. The lowest BCUT2D eigenvalue weighted by Gasteiger charge is -2.24. The third kappa shape index (κ3) is 6.20. The molecule has 6 heteroatoms. The van der Waals surface area contributed by atoms with Crippen molar-refractivity contribution in [2.24, 2.45) is 4.99 Å². The normalized spacial score (nSPS) is 22.7. The zero-order valence-corrected chi connectivity index (χ0v) is 16.8. The molecule has 1 aliphatic heterocycles. The van der Waals surface area contributed by atoms with E-state index in [1.54, 1.807) is 0 Å². The summed E-state index contributed by atoms with van der Waals surface area (Å²) in [4.78, 5) is 9.47. The summed E-state index contributed by atoms with van der Waals surface area (Å²) < 4.78 is 0. The molecule has 2 N–H and O–H groups in total. The van der Waals surface area contributed by atoms with Crippen molar-refractivity contribution in [1.82, 2.24) is 20.4 Å². The van der Waals surface area contributed by atoms with Crippen LogP contribution in [0.25, 0.3) is 0 Å². The van der Waals surface area contributed by atoms with Crippen LogP contribution in [-0.2, 0) is 0 Å². The number of guanidine groups is 1. The van der Waals surface area contributed by atoms with Gasteiger partial charge >= 0.3 is 0 Å². The molecule has 2 fully saturated rings. The van der Waals surface area contributed by atoms with E-state index in [0.717, 1.165) is 44.7 Å². The van der Waals surface area contributed by atoms with Gasteiger partial charge < -0.3 is 10.6 Å². The number of rotatable bonds is 8. The highest BCUT2D eigenvalue weighted by Gasteiger charge is 2.27. The lowest BCUT2D eigenvalue weighted by atomic mass is 10.2. The number of halogens is 1. The Labute approximate surface area is 153 Å². The Kier molecular flexibility index (Phi) is 9.66. The molecule has 130 valence electrons. The Morgan fingerprint density at radius 3 is 2.59 bits per heavy atom. The minimum absolute atomic E-state index is 0. The third-order valence-corrected chi connectivity index (χ3v) is 4.79. The van der Waals surface area contributed by atoms with Crippen molar-refractivity contribution in [2.45, 2.75) is 51.6 Å². The molecule has 0 amide bonds. The van der Waals surface area contributed by atoms with Gasteiger partial charge in [-0.2, -0.15) is 0 Å². The van der Waals surface area contributed by atoms with Gasteiger partial charge in [0.15, 0.2) is 5.96 Å². The molecule has 0 bridgehead atoms. The molecule has 0 radical (unpaired) electrons. The van der Waals surface area contributed by atoms with Crippen LogP contribution in [0, 0.1) is 0 Å². The summed E-state index contributed by atoms with van der Waals surface area (Å²) in [6, 6.07) is 1.52. The molecule has 1 atom stereocenters. The standard InChI is InChI=1S/C16H33N5.HI/c1-4-20-11-6-7-15(20)13-19-16(17-3)18-10-12-21(5-2)14-8-9-14;/h14-15H,4-13H2,1-3H3,(H2,17,18,19);1H. The maximum Gasteiger partial charge on any atom is 0.191 e.